The summed E-state index contributed by atoms with van der Waals surface area (Å²) in [5, 5.41) is 0. The molecule has 0 saturated heterocycles. The van der Waals surface area contributed by atoms with E-state index >= 15 is 0 Å². The van der Waals surface area contributed by atoms with Crippen molar-refractivity contribution in [2.24, 2.45) is 0 Å². The number of nitrogens with one attached hydrogen (secondary N) is 3. The van der Waals surface area contributed by atoms with Crippen LogP contribution in [0.2, 0.25) is 0 Å². The molecule has 0 aliphatic heterocycles. The SMILES string of the molecule is Cc1[nH]c(=O)[nH]c(=O)c1S(=O)(=O)Nc1ccccc1Sc1ccccc1. The Morgan fingerprint density at radius 2 is 1.58 bits per heavy atom. The van der Waals surface area contributed by atoms with Crippen LogP contribution in [0, 0.1) is 6.92 Å². The van der Waals surface area contributed by atoms with Gasteiger partial charge in [-0.2, -0.15) is 0 Å². The zero-order valence-electron chi connectivity index (χ0n) is 13.6. The summed E-state index contributed by atoms with van der Waals surface area (Å²) in [6.45, 7) is 1.36. The molecule has 134 valence electrons. The van der Waals surface area contributed by atoms with Crippen LogP contribution in [0.3, 0.4) is 0 Å². The first-order valence-corrected chi connectivity index (χ1v) is 9.85. The maximum Gasteiger partial charge on any atom is 0.325 e. The molecule has 3 aromatic rings. The average Bonchev–Trinajstić information content (AvgIpc) is 2.56. The van der Waals surface area contributed by atoms with E-state index < -0.39 is 26.2 Å². The molecule has 3 N–H and O–H groups in total. The van der Waals surface area contributed by atoms with Crippen LogP contribution in [-0.2, 0) is 10.0 Å². The lowest BCUT2D eigenvalue weighted by Crippen LogP contribution is -2.31. The minimum Gasteiger partial charge on any atom is -0.310 e. The second-order valence-corrected chi connectivity index (χ2v) is 8.11. The monoisotopic (exact) mass is 389 g/mol. The predicted molar refractivity (Wildman–Crippen MR) is 100 cm³/mol. The Hall–Kier alpha value is -2.78. The maximum atomic E-state index is 12.7. The van der Waals surface area contributed by atoms with E-state index in [-0.39, 0.29) is 5.69 Å². The predicted octanol–water partition coefficient (Wildman–Crippen LogP) is 2.32. The molecule has 0 unspecified atom stereocenters. The summed E-state index contributed by atoms with van der Waals surface area (Å²) in [7, 11) is -4.18. The first-order valence-electron chi connectivity index (χ1n) is 7.55. The number of H-pyrrole nitrogens is 2. The Morgan fingerprint density at radius 1 is 0.923 bits per heavy atom. The smallest absolute Gasteiger partial charge is 0.310 e. The highest BCUT2D eigenvalue weighted by atomic mass is 32.2. The summed E-state index contributed by atoms with van der Waals surface area (Å²) in [5.41, 5.74) is -1.41. The van der Waals surface area contributed by atoms with E-state index in [4.69, 9.17) is 0 Å². The summed E-state index contributed by atoms with van der Waals surface area (Å²) in [6, 6.07) is 16.4. The molecule has 0 fully saturated rings. The molecule has 1 aromatic heterocycles. The molecule has 0 bridgehead atoms. The first-order chi connectivity index (χ1) is 12.4. The Bertz CT molecular complexity index is 1150. The molecule has 0 atom stereocenters. The number of benzene rings is 2. The number of aromatic amines is 2. The largest absolute Gasteiger partial charge is 0.325 e. The Balaban J connectivity index is 1.99. The minimum atomic E-state index is -4.18. The molecule has 0 amide bonds. The van der Waals surface area contributed by atoms with E-state index in [1.54, 1.807) is 24.3 Å². The molecular weight excluding hydrogens is 374 g/mol. The van der Waals surface area contributed by atoms with Crippen molar-refractivity contribution in [2.45, 2.75) is 21.6 Å². The molecule has 0 radical (unpaired) electrons. The maximum absolute atomic E-state index is 12.7. The van der Waals surface area contributed by atoms with Crippen molar-refractivity contribution in [3.8, 4) is 0 Å². The molecule has 0 spiro atoms. The second kappa shape index (κ2) is 7.22. The minimum absolute atomic E-state index is 0.0283. The quantitative estimate of drug-likeness (QED) is 0.620. The van der Waals surface area contributed by atoms with Crippen molar-refractivity contribution < 1.29 is 8.42 Å². The van der Waals surface area contributed by atoms with E-state index in [2.05, 4.69) is 9.71 Å². The molecule has 0 aliphatic rings. The highest BCUT2D eigenvalue weighted by Crippen LogP contribution is 2.34. The Labute approximate surface area is 153 Å². The van der Waals surface area contributed by atoms with Gasteiger partial charge in [0.05, 0.1) is 5.69 Å². The van der Waals surface area contributed by atoms with Crippen LogP contribution in [0.15, 0.2) is 78.9 Å². The summed E-state index contributed by atoms with van der Waals surface area (Å²) in [6.07, 6.45) is 0. The van der Waals surface area contributed by atoms with Crippen molar-refractivity contribution >= 4 is 27.5 Å². The molecule has 0 saturated carbocycles. The second-order valence-electron chi connectivity index (χ2n) is 5.38. The van der Waals surface area contributed by atoms with Crippen molar-refractivity contribution in [1.82, 2.24) is 9.97 Å². The molecule has 9 heteroatoms. The third-order valence-electron chi connectivity index (χ3n) is 3.45. The van der Waals surface area contributed by atoms with Crippen LogP contribution in [0.1, 0.15) is 5.69 Å². The molecule has 2 aromatic carbocycles. The summed E-state index contributed by atoms with van der Waals surface area (Å²) < 4.78 is 27.8. The van der Waals surface area contributed by atoms with Gasteiger partial charge in [0, 0.05) is 15.5 Å². The lowest BCUT2D eigenvalue weighted by molar-refractivity contribution is 0.597. The molecule has 0 aliphatic carbocycles. The van der Waals surface area contributed by atoms with E-state index in [9.17, 15) is 18.0 Å². The number of aryl methyl sites for hydroxylation is 1. The Kier molecular flexibility index (Phi) is 5.01. The fraction of sp³-hybridized carbons (Fsp3) is 0.0588. The van der Waals surface area contributed by atoms with Gasteiger partial charge in [-0.15, -0.1) is 0 Å². The van der Waals surface area contributed by atoms with Crippen LogP contribution >= 0.6 is 11.8 Å². The van der Waals surface area contributed by atoms with Gasteiger partial charge in [0.1, 0.15) is 0 Å². The topological polar surface area (TPSA) is 112 Å². The van der Waals surface area contributed by atoms with Gasteiger partial charge < -0.3 is 4.98 Å². The zero-order valence-corrected chi connectivity index (χ0v) is 15.3. The molecule has 1 heterocycles. The third-order valence-corrected chi connectivity index (χ3v) is 6.05. The van der Waals surface area contributed by atoms with Crippen LogP contribution in [0.5, 0.6) is 0 Å². The Morgan fingerprint density at radius 3 is 2.27 bits per heavy atom. The van der Waals surface area contributed by atoms with Crippen LogP contribution in [0.25, 0.3) is 0 Å². The lowest BCUT2D eigenvalue weighted by atomic mass is 10.3. The highest BCUT2D eigenvalue weighted by Gasteiger charge is 2.23. The number of anilines is 1. The number of para-hydroxylation sites is 1. The summed E-state index contributed by atoms with van der Waals surface area (Å²) in [5.74, 6) is 0. The molecule has 7 nitrogen and oxygen atoms in total. The molecule has 3 rings (SSSR count). The van der Waals surface area contributed by atoms with Crippen LogP contribution in [-0.4, -0.2) is 18.4 Å². The zero-order chi connectivity index (χ0) is 18.7. The van der Waals surface area contributed by atoms with E-state index in [1.165, 1.54) is 18.7 Å². The van der Waals surface area contributed by atoms with Gasteiger partial charge in [-0.25, -0.2) is 13.2 Å². The van der Waals surface area contributed by atoms with Gasteiger partial charge in [-0.1, -0.05) is 42.1 Å². The number of sulfonamides is 1. The van der Waals surface area contributed by atoms with Crippen molar-refractivity contribution in [1.29, 1.82) is 0 Å². The van der Waals surface area contributed by atoms with Crippen molar-refractivity contribution in [2.75, 3.05) is 4.72 Å². The standard InChI is InChI=1S/C17H15N3O4S2/c1-11-15(16(21)19-17(22)18-11)26(23,24)20-13-9-5-6-10-14(13)25-12-7-3-2-4-8-12/h2-10,20H,1H3,(H2,18,19,21,22). The highest BCUT2D eigenvalue weighted by molar-refractivity contribution is 7.99. The molecule has 26 heavy (non-hydrogen) atoms. The fourth-order valence-corrected chi connectivity index (χ4v) is 4.67. The van der Waals surface area contributed by atoms with Crippen molar-refractivity contribution in [3.05, 3.63) is 81.1 Å². The lowest BCUT2D eigenvalue weighted by Gasteiger charge is -2.13. The normalized spacial score (nSPS) is 11.3. The average molecular weight is 389 g/mol. The van der Waals surface area contributed by atoms with E-state index in [0.29, 0.717) is 10.6 Å². The molecular formula is C17H15N3O4S2. The summed E-state index contributed by atoms with van der Waals surface area (Å²) >= 11 is 1.39. The summed E-state index contributed by atoms with van der Waals surface area (Å²) in [4.78, 5) is 28.6. The number of aromatic nitrogens is 2. The number of rotatable bonds is 5. The fourth-order valence-electron chi connectivity index (χ4n) is 2.36. The van der Waals surface area contributed by atoms with Gasteiger partial charge in [0.25, 0.3) is 15.6 Å². The van der Waals surface area contributed by atoms with Crippen LogP contribution in [0.4, 0.5) is 5.69 Å². The van der Waals surface area contributed by atoms with E-state index in [1.807, 2.05) is 35.3 Å². The van der Waals surface area contributed by atoms with Gasteiger partial charge in [-0.3, -0.25) is 14.5 Å². The van der Waals surface area contributed by atoms with Crippen molar-refractivity contribution in [3.63, 3.8) is 0 Å². The number of hydrogen-bond donors (Lipinski definition) is 3. The van der Waals surface area contributed by atoms with E-state index in [0.717, 1.165) is 4.90 Å². The van der Waals surface area contributed by atoms with Gasteiger partial charge >= 0.3 is 5.69 Å². The van der Waals surface area contributed by atoms with Gasteiger partial charge in [0.2, 0.25) is 0 Å². The van der Waals surface area contributed by atoms with Gasteiger partial charge in [0.15, 0.2) is 4.90 Å². The van der Waals surface area contributed by atoms with Crippen LogP contribution < -0.4 is 16.0 Å². The third kappa shape index (κ3) is 3.89. The number of hydrogen-bond acceptors (Lipinski definition) is 5. The van der Waals surface area contributed by atoms with Gasteiger partial charge in [-0.05, 0) is 31.2 Å². The first kappa shape index (κ1) is 18.0.